The number of fused-ring (bicyclic) bond motifs is 3. The van der Waals surface area contributed by atoms with Crippen molar-refractivity contribution in [2.45, 2.75) is 26.8 Å². The topological polar surface area (TPSA) is 125 Å². The van der Waals surface area contributed by atoms with Gasteiger partial charge in [-0.15, -0.1) is 0 Å². The minimum Gasteiger partial charge on any atom is -0.507 e. The van der Waals surface area contributed by atoms with Crippen LogP contribution in [0.5, 0.6) is 11.6 Å². The molecular weight excluding hydrogens is 436 g/mol. The lowest BCUT2D eigenvalue weighted by Crippen LogP contribution is -2.26. The molecule has 1 unspecified atom stereocenters. The average Bonchev–Trinajstić information content (AvgIpc) is 3.25. The smallest absolute Gasteiger partial charge is 0.339 e. The second-order valence-corrected chi connectivity index (χ2v) is 9.35. The van der Waals surface area contributed by atoms with Crippen LogP contribution in [-0.2, 0) is 0 Å². The van der Waals surface area contributed by atoms with Crippen LogP contribution in [-0.4, -0.2) is 46.0 Å². The van der Waals surface area contributed by atoms with Gasteiger partial charge in [-0.05, 0) is 17.0 Å². The summed E-state index contributed by atoms with van der Waals surface area (Å²) in [6.45, 7) is 6.67. The summed E-state index contributed by atoms with van der Waals surface area (Å²) in [6, 6.07) is 9.96. The first-order valence-corrected chi connectivity index (χ1v) is 11.0. The molecule has 2 aromatic carbocycles. The Balaban J connectivity index is 1.95. The lowest BCUT2D eigenvalue weighted by molar-refractivity contribution is 0.0698. The quantitative estimate of drug-likeness (QED) is 0.301. The number of carboxylic acids is 1. The molecule has 4 aromatic rings. The second kappa shape index (κ2) is 9.32. The number of pyridine rings is 1. The molecule has 0 bridgehead atoms. The molecule has 1 atom stereocenters. The summed E-state index contributed by atoms with van der Waals surface area (Å²) in [5.74, 6) is -0.818. The van der Waals surface area contributed by atoms with E-state index in [2.05, 4.69) is 31.1 Å². The van der Waals surface area contributed by atoms with E-state index in [1.54, 1.807) is 42.6 Å². The number of aromatic carboxylic acids is 1. The highest BCUT2D eigenvalue weighted by molar-refractivity contribution is 6.15. The molecule has 0 amide bonds. The Bertz CT molecular complexity index is 1340. The molecule has 0 aliphatic heterocycles. The van der Waals surface area contributed by atoms with Gasteiger partial charge in [0.15, 0.2) is 0 Å². The molecule has 8 nitrogen and oxygen atoms in total. The van der Waals surface area contributed by atoms with Crippen molar-refractivity contribution < 1.29 is 29.3 Å². The summed E-state index contributed by atoms with van der Waals surface area (Å²) >= 11 is 0. The van der Waals surface area contributed by atoms with Crippen molar-refractivity contribution in [3.63, 3.8) is 0 Å². The van der Waals surface area contributed by atoms with Crippen LogP contribution in [0.1, 0.15) is 48.3 Å². The van der Waals surface area contributed by atoms with Crippen LogP contribution in [0.4, 0.5) is 0 Å². The molecule has 0 fully saturated rings. The Morgan fingerprint density at radius 2 is 1.94 bits per heavy atom. The Morgan fingerprint density at radius 3 is 2.62 bits per heavy atom. The van der Waals surface area contributed by atoms with Gasteiger partial charge in [0.2, 0.25) is 5.88 Å². The molecule has 0 aliphatic rings. The largest absolute Gasteiger partial charge is 0.507 e. The van der Waals surface area contributed by atoms with E-state index in [1.165, 1.54) is 6.26 Å². The van der Waals surface area contributed by atoms with Crippen molar-refractivity contribution >= 4 is 27.7 Å². The third kappa shape index (κ3) is 4.55. The first kappa shape index (κ1) is 23.5. The van der Waals surface area contributed by atoms with Gasteiger partial charge in [-0.25, -0.2) is 9.78 Å². The first-order chi connectivity index (χ1) is 16.2. The first-order valence-electron chi connectivity index (χ1n) is 11.0. The van der Waals surface area contributed by atoms with E-state index in [9.17, 15) is 20.1 Å². The number of nitrogens with one attached hydrogen (secondary N) is 1. The molecule has 0 radical (unpaired) electrons. The molecular formula is C26H28N2O6. The van der Waals surface area contributed by atoms with E-state index >= 15 is 0 Å². The number of benzene rings is 2. The monoisotopic (exact) mass is 464 g/mol. The van der Waals surface area contributed by atoms with Crippen LogP contribution in [0.15, 0.2) is 53.3 Å². The highest BCUT2D eigenvalue weighted by Gasteiger charge is 2.29. The van der Waals surface area contributed by atoms with E-state index in [0.717, 1.165) is 0 Å². The normalized spacial score (nSPS) is 12.8. The number of carboxylic acid groups (broad SMARTS) is 1. The fourth-order valence-electron chi connectivity index (χ4n) is 3.98. The van der Waals surface area contributed by atoms with Gasteiger partial charge in [-0.3, -0.25) is 0 Å². The van der Waals surface area contributed by atoms with Crippen LogP contribution in [0.2, 0.25) is 0 Å². The number of rotatable bonds is 8. The SMILES string of the molecule is CC(C)(C)COc1cc(C(NCCO)c2c(O)c3ccccc3c3occ(C(=O)O)c23)ccn1. The number of aromatic nitrogens is 1. The number of aliphatic hydroxyl groups excluding tert-OH is 1. The van der Waals surface area contributed by atoms with Gasteiger partial charge >= 0.3 is 5.97 Å². The zero-order valence-electron chi connectivity index (χ0n) is 19.3. The number of carbonyl (C=O) groups is 1. The highest BCUT2D eigenvalue weighted by Crippen LogP contribution is 2.44. The Hall–Kier alpha value is -3.62. The molecule has 0 saturated carbocycles. The molecule has 34 heavy (non-hydrogen) atoms. The van der Waals surface area contributed by atoms with Crippen molar-refractivity contribution in [1.29, 1.82) is 0 Å². The van der Waals surface area contributed by atoms with Crippen molar-refractivity contribution in [3.05, 3.63) is 65.5 Å². The van der Waals surface area contributed by atoms with Gasteiger partial charge in [0.05, 0.1) is 19.3 Å². The van der Waals surface area contributed by atoms with Crippen LogP contribution < -0.4 is 10.1 Å². The molecule has 2 heterocycles. The number of aromatic hydroxyl groups is 1. The molecule has 0 saturated heterocycles. The number of phenols is 1. The Labute approximate surface area is 196 Å². The Morgan fingerprint density at radius 1 is 1.21 bits per heavy atom. The number of furan rings is 1. The van der Waals surface area contributed by atoms with Crippen LogP contribution in [0, 0.1) is 5.41 Å². The standard InChI is InChI=1S/C26H28N2O6/c1-26(2,3)14-34-19-12-15(8-9-27-19)22(28-10-11-29)21-20-18(25(31)32)13-33-24(20)17-7-5-4-6-16(17)23(21)30/h4-9,12-13,22,28-30H,10-11,14H2,1-3H3,(H,31,32). The van der Waals surface area contributed by atoms with Gasteiger partial charge in [-0.2, -0.15) is 0 Å². The maximum absolute atomic E-state index is 12.0. The molecule has 4 N–H and O–H groups in total. The molecule has 0 spiro atoms. The van der Waals surface area contributed by atoms with Gasteiger partial charge in [0, 0.05) is 40.5 Å². The number of nitrogens with zero attached hydrogens (tertiary/aromatic N) is 1. The third-order valence-electron chi connectivity index (χ3n) is 5.47. The summed E-state index contributed by atoms with van der Waals surface area (Å²) in [6.07, 6.45) is 2.79. The second-order valence-electron chi connectivity index (χ2n) is 9.35. The van der Waals surface area contributed by atoms with Gasteiger partial charge < -0.3 is 29.8 Å². The van der Waals surface area contributed by atoms with Crippen LogP contribution in [0.3, 0.4) is 0 Å². The van der Waals surface area contributed by atoms with E-state index in [1.807, 2.05) is 0 Å². The summed E-state index contributed by atoms with van der Waals surface area (Å²) < 4.78 is 11.6. The predicted molar refractivity (Wildman–Crippen MR) is 128 cm³/mol. The van der Waals surface area contributed by atoms with Crippen molar-refractivity contribution in [3.8, 4) is 11.6 Å². The summed E-state index contributed by atoms with van der Waals surface area (Å²) in [4.78, 5) is 16.3. The van der Waals surface area contributed by atoms with Crippen molar-refractivity contribution in [1.82, 2.24) is 10.3 Å². The summed E-state index contributed by atoms with van der Waals surface area (Å²) in [7, 11) is 0. The lowest BCUT2D eigenvalue weighted by atomic mass is 9.90. The van der Waals surface area contributed by atoms with E-state index < -0.39 is 12.0 Å². The van der Waals surface area contributed by atoms with Crippen LogP contribution in [0.25, 0.3) is 21.7 Å². The number of hydrogen-bond acceptors (Lipinski definition) is 7. The third-order valence-corrected chi connectivity index (χ3v) is 5.47. The van der Waals surface area contributed by atoms with E-state index in [0.29, 0.717) is 45.4 Å². The fraction of sp³-hybridized carbons (Fsp3) is 0.308. The minimum atomic E-state index is -1.17. The summed E-state index contributed by atoms with van der Waals surface area (Å²) in [5, 5.41) is 35.4. The average molecular weight is 465 g/mol. The van der Waals surface area contributed by atoms with Gasteiger partial charge in [0.25, 0.3) is 0 Å². The van der Waals surface area contributed by atoms with Crippen molar-refractivity contribution in [2.24, 2.45) is 5.41 Å². The molecule has 178 valence electrons. The maximum atomic E-state index is 12.0. The molecule has 4 rings (SSSR count). The zero-order chi connectivity index (χ0) is 24.5. The number of ether oxygens (including phenoxy) is 1. The predicted octanol–water partition coefficient (Wildman–Crippen LogP) is 4.48. The van der Waals surface area contributed by atoms with Crippen LogP contribution >= 0.6 is 0 Å². The molecule has 8 heteroatoms. The minimum absolute atomic E-state index is 0.0555. The Kier molecular flexibility index (Phi) is 6.45. The number of aliphatic hydroxyl groups is 1. The maximum Gasteiger partial charge on any atom is 0.339 e. The van der Waals surface area contributed by atoms with Crippen molar-refractivity contribution in [2.75, 3.05) is 19.8 Å². The number of phenolic OH excluding ortho intramolecular Hbond substituents is 1. The lowest BCUT2D eigenvalue weighted by Gasteiger charge is -2.23. The fourth-order valence-corrected chi connectivity index (χ4v) is 3.98. The number of hydrogen-bond donors (Lipinski definition) is 4. The summed E-state index contributed by atoms with van der Waals surface area (Å²) in [5.41, 5.74) is 1.29. The molecule has 0 aliphatic carbocycles. The highest BCUT2D eigenvalue weighted by atomic mass is 16.5. The van der Waals surface area contributed by atoms with E-state index in [-0.39, 0.29) is 29.9 Å². The van der Waals surface area contributed by atoms with Gasteiger partial charge in [0.1, 0.15) is 23.2 Å². The molecule has 2 aromatic heterocycles. The van der Waals surface area contributed by atoms with E-state index in [4.69, 9.17) is 9.15 Å². The zero-order valence-corrected chi connectivity index (χ0v) is 19.3. The van der Waals surface area contributed by atoms with Gasteiger partial charge in [-0.1, -0.05) is 45.0 Å².